The SMILES string of the molecule is CCC(C)(C(=O)Cl)c1ccc(I)cc1. The van der Waals surface area contributed by atoms with Crippen molar-refractivity contribution in [2.45, 2.75) is 25.7 Å². The molecule has 76 valence electrons. The third-order valence-electron chi connectivity index (χ3n) is 2.62. The quantitative estimate of drug-likeness (QED) is 0.612. The van der Waals surface area contributed by atoms with Gasteiger partial charge in [-0.05, 0) is 65.2 Å². The predicted octanol–water partition coefficient (Wildman–Crippen LogP) is 3.72. The lowest BCUT2D eigenvalue weighted by atomic mass is 9.81. The van der Waals surface area contributed by atoms with Crippen molar-refractivity contribution in [1.29, 1.82) is 0 Å². The smallest absolute Gasteiger partial charge is 0.231 e. The second-order valence-electron chi connectivity index (χ2n) is 3.47. The van der Waals surface area contributed by atoms with Gasteiger partial charge in [-0.1, -0.05) is 19.1 Å². The first-order chi connectivity index (χ1) is 6.50. The molecule has 1 aromatic carbocycles. The third-order valence-corrected chi connectivity index (χ3v) is 3.76. The summed E-state index contributed by atoms with van der Waals surface area (Å²) in [6.07, 6.45) is 0.718. The number of carbonyl (C=O) groups is 1. The fraction of sp³-hybridized carbons (Fsp3) is 0.364. The molecule has 1 unspecified atom stereocenters. The van der Waals surface area contributed by atoms with Crippen LogP contribution in [0.5, 0.6) is 0 Å². The van der Waals surface area contributed by atoms with E-state index in [2.05, 4.69) is 22.6 Å². The lowest BCUT2D eigenvalue weighted by molar-refractivity contribution is -0.116. The Morgan fingerprint density at radius 3 is 2.29 bits per heavy atom. The van der Waals surface area contributed by atoms with Gasteiger partial charge in [-0.25, -0.2) is 0 Å². The van der Waals surface area contributed by atoms with Crippen molar-refractivity contribution in [3.63, 3.8) is 0 Å². The number of hydrogen-bond donors (Lipinski definition) is 0. The van der Waals surface area contributed by atoms with Crippen molar-refractivity contribution in [3.8, 4) is 0 Å². The molecule has 0 amide bonds. The Hall–Kier alpha value is -0.0900. The molecule has 0 heterocycles. The predicted molar refractivity (Wildman–Crippen MR) is 67.7 cm³/mol. The van der Waals surface area contributed by atoms with Crippen molar-refractivity contribution in [2.75, 3.05) is 0 Å². The summed E-state index contributed by atoms with van der Waals surface area (Å²) in [7, 11) is 0. The molecule has 0 aliphatic carbocycles. The largest absolute Gasteiger partial charge is 0.280 e. The molecule has 0 radical (unpaired) electrons. The van der Waals surface area contributed by atoms with Crippen LogP contribution >= 0.6 is 34.2 Å². The molecule has 0 aliphatic rings. The van der Waals surface area contributed by atoms with E-state index in [1.54, 1.807) is 0 Å². The highest BCUT2D eigenvalue weighted by molar-refractivity contribution is 14.1. The average Bonchev–Trinajstić information content (AvgIpc) is 2.17. The van der Waals surface area contributed by atoms with E-state index in [0.29, 0.717) is 0 Å². The lowest BCUT2D eigenvalue weighted by Gasteiger charge is -2.23. The highest BCUT2D eigenvalue weighted by atomic mass is 127. The van der Waals surface area contributed by atoms with E-state index >= 15 is 0 Å². The van der Waals surface area contributed by atoms with Crippen LogP contribution in [0.4, 0.5) is 0 Å². The Morgan fingerprint density at radius 1 is 1.43 bits per heavy atom. The van der Waals surface area contributed by atoms with Gasteiger partial charge in [0, 0.05) is 3.57 Å². The molecular weight excluding hydrogens is 310 g/mol. The molecule has 0 aromatic heterocycles. The normalized spacial score (nSPS) is 14.9. The van der Waals surface area contributed by atoms with Gasteiger partial charge in [0.1, 0.15) is 0 Å². The Balaban J connectivity index is 3.13. The highest BCUT2D eigenvalue weighted by Gasteiger charge is 2.31. The zero-order valence-electron chi connectivity index (χ0n) is 8.18. The molecule has 0 saturated heterocycles. The Morgan fingerprint density at radius 2 is 1.93 bits per heavy atom. The summed E-state index contributed by atoms with van der Waals surface area (Å²) >= 11 is 7.85. The summed E-state index contributed by atoms with van der Waals surface area (Å²) in [5.74, 6) is 0. The highest BCUT2D eigenvalue weighted by Crippen LogP contribution is 2.30. The van der Waals surface area contributed by atoms with Crippen molar-refractivity contribution in [1.82, 2.24) is 0 Å². The van der Waals surface area contributed by atoms with Crippen LogP contribution in [0.3, 0.4) is 0 Å². The van der Waals surface area contributed by atoms with Gasteiger partial charge in [0.25, 0.3) is 0 Å². The molecule has 1 aromatic rings. The van der Waals surface area contributed by atoms with Gasteiger partial charge in [-0.15, -0.1) is 0 Å². The zero-order valence-corrected chi connectivity index (χ0v) is 11.1. The van der Waals surface area contributed by atoms with E-state index in [1.807, 2.05) is 38.1 Å². The van der Waals surface area contributed by atoms with Gasteiger partial charge in [-0.2, -0.15) is 0 Å². The summed E-state index contributed by atoms with van der Waals surface area (Å²) in [5, 5.41) is -0.291. The number of benzene rings is 1. The number of rotatable bonds is 3. The zero-order chi connectivity index (χ0) is 10.8. The molecule has 1 nitrogen and oxygen atoms in total. The van der Waals surface area contributed by atoms with Gasteiger partial charge in [0.2, 0.25) is 5.24 Å². The Labute approximate surface area is 103 Å². The molecule has 1 rings (SSSR count). The van der Waals surface area contributed by atoms with Crippen LogP contribution in [0, 0.1) is 3.57 Å². The van der Waals surface area contributed by atoms with Crippen molar-refractivity contribution >= 4 is 39.4 Å². The average molecular weight is 323 g/mol. The molecule has 0 aliphatic heterocycles. The minimum Gasteiger partial charge on any atom is -0.280 e. The minimum absolute atomic E-state index is 0.291. The van der Waals surface area contributed by atoms with E-state index in [-0.39, 0.29) is 5.24 Å². The van der Waals surface area contributed by atoms with Crippen LogP contribution in [0.25, 0.3) is 0 Å². The van der Waals surface area contributed by atoms with Gasteiger partial charge in [0.05, 0.1) is 5.41 Å². The van der Waals surface area contributed by atoms with Crippen LogP contribution in [-0.2, 0) is 10.2 Å². The maximum absolute atomic E-state index is 11.3. The van der Waals surface area contributed by atoms with E-state index in [9.17, 15) is 4.79 Å². The van der Waals surface area contributed by atoms with Crippen LogP contribution in [0.1, 0.15) is 25.8 Å². The van der Waals surface area contributed by atoms with Gasteiger partial charge >= 0.3 is 0 Å². The fourth-order valence-electron chi connectivity index (χ4n) is 1.27. The van der Waals surface area contributed by atoms with E-state index in [0.717, 1.165) is 15.6 Å². The van der Waals surface area contributed by atoms with Gasteiger partial charge < -0.3 is 0 Å². The summed E-state index contributed by atoms with van der Waals surface area (Å²) in [5.41, 5.74) is 0.437. The molecule has 0 saturated carbocycles. The summed E-state index contributed by atoms with van der Waals surface area (Å²) in [6.45, 7) is 3.85. The van der Waals surface area contributed by atoms with E-state index in [1.165, 1.54) is 0 Å². The standard InChI is InChI=1S/C11H12ClIO/c1-3-11(2,10(12)14)8-4-6-9(13)7-5-8/h4-7H,3H2,1-2H3. The topological polar surface area (TPSA) is 17.1 Å². The van der Waals surface area contributed by atoms with Crippen LogP contribution in [-0.4, -0.2) is 5.24 Å². The molecule has 14 heavy (non-hydrogen) atoms. The Kier molecular flexibility index (Phi) is 3.95. The fourth-order valence-corrected chi connectivity index (χ4v) is 1.88. The lowest BCUT2D eigenvalue weighted by Crippen LogP contribution is -2.28. The third kappa shape index (κ3) is 2.28. The van der Waals surface area contributed by atoms with Crippen molar-refractivity contribution < 1.29 is 4.79 Å². The monoisotopic (exact) mass is 322 g/mol. The second kappa shape index (κ2) is 4.62. The summed E-state index contributed by atoms with van der Waals surface area (Å²) in [6, 6.07) is 7.91. The molecule has 0 N–H and O–H groups in total. The molecule has 3 heteroatoms. The van der Waals surface area contributed by atoms with Crippen LogP contribution in [0.15, 0.2) is 24.3 Å². The van der Waals surface area contributed by atoms with E-state index < -0.39 is 5.41 Å². The first-order valence-corrected chi connectivity index (χ1v) is 5.92. The minimum atomic E-state index is -0.550. The summed E-state index contributed by atoms with van der Waals surface area (Å²) < 4.78 is 1.16. The van der Waals surface area contributed by atoms with Crippen LogP contribution < -0.4 is 0 Å². The second-order valence-corrected chi connectivity index (χ2v) is 5.06. The number of halogens is 2. The number of hydrogen-bond acceptors (Lipinski definition) is 1. The molecule has 0 bridgehead atoms. The van der Waals surface area contributed by atoms with Crippen molar-refractivity contribution in [2.24, 2.45) is 0 Å². The van der Waals surface area contributed by atoms with Gasteiger partial charge in [-0.3, -0.25) is 4.79 Å². The first kappa shape index (κ1) is 12.0. The van der Waals surface area contributed by atoms with Crippen molar-refractivity contribution in [3.05, 3.63) is 33.4 Å². The maximum Gasteiger partial charge on any atom is 0.231 e. The molecular formula is C11H12ClIO. The molecule has 1 atom stereocenters. The van der Waals surface area contributed by atoms with Gasteiger partial charge in [0.15, 0.2) is 0 Å². The number of carbonyl (C=O) groups excluding carboxylic acids is 1. The van der Waals surface area contributed by atoms with E-state index in [4.69, 9.17) is 11.6 Å². The molecule has 0 fully saturated rings. The maximum atomic E-state index is 11.3. The Bertz CT molecular complexity index is 334. The summed E-state index contributed by atoms with van der Waals surface area (Å²) in [4.78, 5) is 11.3. The van der Waals surface area contributed by atoms with Crippen LogP contribution in [0.2, 0.25) is 0 Å². The first-order valence-electron chi connectivity index (χ1n) is 4.46. The molecule has 0 spiro atoms.